The van der Waals surface area contributed by atoms with Crippen LogP contribution in [0.4, 0.5) is 0 Å². The summed E-state index contributed by atoms with van der Waals surface area (Å²) >= 11 is 1.74. The van der Waals surface area contributed by atoms with E-state index in [-0.39, 0.29) is 24.9 Å². The lowest BCUT2D eigenvalue weighted by Gasteiger charge is -2.25. The van der Waals surface area contributed by atoms with Crippen molar-refractivity contribution in [3.05, 3.63) is 16.8 Å². The number of nitrogens with zero attached hydrogens (tertiary/aromatic N) is 1. The number of hydrogen-bond acceptors (Lipinski definition) is 3. The van der Waals surface area contributed by atoms with Gasteiger partial charge in [0.25, 0.3) is 5.91 Å². The molecule has 2 fully saturated rings. The van der Waals surface area contributed by atoms with E-state index in [4.69, 9.17) is 0 Å². The van der Waals surface area contributed by atoms with Gasteiger partial charge in [0.05, 0.1) is 9.71 Å². The number of rotatable bonds is 5. The van der Waals surface area contributed by atoms with Crippen LogP contribution in [0.5, 0.6) is 0 Å². The third kappa shape index (κ3) is 2.94. The average Bonchev–Trinajstić information content (AvgIpc) is 3.03. The highest BCUT2D eigenvalue weighted by Gasteiger charge is 2.37. The molecule has 1 amide bonds. The smallest absolute Gasteiger partial charge is 0.268 e. The van der Waals surface area contributed by atoms with E-state index in [1.54, 1.807) is 11.3 Å². The Morgan fingerprint density at radius 1 is 1.39 bits per heavy atom. The number of carbonyl (C=O) groups is 1. The number of nitrogens with one attached hydrogen (secondary N) is 2. The molecule has 2 saturated carbocycles. The molecule has 2 aromatic rings. The number of carbonyl (C=O) groups excluding carboxylic acids is 1. The lowest BCUT2D eigenvalue weighted by atomic mass is 10.2. The zero-order valence-electron chi connectivity index (χ0n) is 13.9. The van der Waals surface area contributed by atoms with Crippen LogP contribution in [0.25, 0.3) is 10.3 Å². The fraction of sp³-hybridized carbons (Fsp3) is 0.625. The zero-order chi connectivity index (χ0) is 16.0. The summed E-state index contributed by atoms with van der Waals surface area (Å²) in [6, 6.07) is 2.37. The second kappa shape index (κ2) is 5.86. The Balaban J connectivity index is 1.44. The van der Waals surface area contributed by atoms with Gasteiger partial charge in [-0.3, -0.25) is 4.79 Å². The molecule has 23 heavy (non-hydrogen) atoms. The molecule has 2 aliphatic carbocycles. The number of thiazole rings is 1. The third-order valence-electron chi connectivity index (χ3n) is 5.91. The second-order valence-corrected chi connectivity index (χ2v) is 13.8. The van der Waals surface area contributed by atoms with E-state index in [1.807, 2.05) is 6.07 Å². The van der Waals surface area contributed by atoms with Gasteiger partial charge < -0.3 is 10.3 Å². The van der Waals surface area contributed by atoms with Gasteiger partial charge in [0.15, 0.2) is 0 Å². The van der Waals surface area contributed by atoms with Crippen molar-refractivity contribution in [3.63, 3.8) is 0 Å². The highest BCUT2D eigenvalue weighted by atomic mass is 32.1. The van der Waals surface area contributed by atoms with Gasteiger partial charge in [-0.1, -0.05) is 19.5 Å². The standard InChI is InChI=1S/C16H25N3OSSi2/c1-22-16(23-2)6-5-10(8-16)17-14(20)11-7-12-13(18-11)19-15(21-12)9-3-4-9/h7,9-10,18H,3-6,8,22-23H2,1-2H3,(H,17,20). The Morgan fingerprint density at radius 2 is 2.17 bits per heavy atom. The molecule has 0 aliphatic heterocycles. The van der Waals surface area contributed by atoms with E-state index < -0.39 is 0 Å². The normalized spacial score (nSPS) is 28.7. The monoisotopic (exact) mass is 363 g/mol. The summed E-state index contributed by atoms with van der Waals surface area (Å²) in [5, 5.41) is 4.51. The topological polar surface area (TPSA) is 57.8 Å². The van der Waals surface area contributed by atoms with Crippen LogP contribution in [-0.2, 0) is 0 Å². The lowest BCUT2D eigenvalue weighted by molar-refractivity contribution is 0.0933. The summed E-state index contributed by atoms with van der Waals surface area (Å²) in [5.41, 5.74) is 1.57. The van der Waals surface area contributed by atoms with Crippen molar-refractivity contribution in [1.82, 2.24) is 15.3 Å². The molecule has 2 aliphatic rings. The predicted octanol–water partition coefficient (Wildman–Crippen LogP) is 2.33. The molecule has 2 N–H and O–H groups in total. The number of H-pyrrole nitrogens is 1. The van der Waals surface area contributed by atoms with Crippen LogP contribution in [0.15, 0.2) is 6.07 Å². The molecule has 0 spiro atoms. The summed E-state index contributed by atoms with van der Waals surface area (Å²) in [7, 11) is 0.0636. The zero-order valence-corrected chi connectivity index (χ0v) is 17.6. The van der Waals surface area contributed by atoms with Crippen molar-refractivity contribution in [2.75, 3.05) is 0 Å². The van der Waals surface area contributed by atoms with Crippen molar-refractivity contribution in [2.45, 2.75) is 61.8 Å². The maximum atomic E-state index is 12.5. The van der Waals surface area contributed by atoms with Gasteiger partial charge in [0.2, 0.25) is 0 Å². The van der Waals surface area contributed by atoms with Gasteiger partial charge in [-0.25, -0.2) is 4.98 Å². The number of fused-ring (bicyclic) bond motifs is 1. The lowest BCUT2D eigenvalue weighted by Crippen LogP contribution is -2.34. The Labute approximate surface area is 145 Å². The molecule has 1 atom stereocenters. The highest BCUT2D eigenvalue weighted by molar-refractivity contribution is 7.18. The molecule has 2 heterocycles. The average molecular weight is 364 g/mol. The largest absolute Gasteiger partial charge is 0.348 e. The first-order chi connectivity index (χ1) is 11.1. The SMILES string of the molecule is C[SiH2]C1([SiH2]C)CCC(NC(=O)c2cc3sc(C4CC4)nc3[nH]2)C1. The van der Waals surface area contributed by atoms with Gasteiger partial charge in [0.1, 0.15) is 11.3 Å². The van der Waals surface area contributed by atoms with E-state index in [0.717, 1.165) is 15.0 Å². The summed E-state index contributed by atoms with van der Waals surface area (Å²) < 4.78 is 1.84. The molecule has 7 heteroatoms. The van der Waals surface area contributed by atoms with Crippen LogP contribution >= 0.6 is 11.3 Å². The number of amides is 1. The van der Waals surface area contributed by atoms with Crippen LogP contribution in [0.3, 0.4) is 0 Å². The summed E-state index contributed by atoms with van der Waals surface area (Å²) in [4.78, 5) is 20.4. The van der Waals surface area contributed by atoms with E-state index in [2.05, 4.69) is 28.4 Å². The van der Waals surface area contributed by atoms with Crippen LogP contribution < -0.4 is 5.32 Å². The highest BCUT2D eigenvalue weighted by Crippen LogP contribution is 2.44. The second-order valence-electron chi connectivity index (χ2n) is 7.34. The first kappa shape index (κ1) is 15.6. The Morgan fingerprint density at radius 3 is 2.78 bits per heavy atom. The fourth-order valence-corrected chi connectivity index (χ4v) is 9.47. The summed E-state index contributed by atoms with van der Waals surface area (Å²) in [5.74, 6) is 0.737. The third-order valence-corrected chi connectivity index (χ3v) is 14.4. The quantitative estimate of drug-likeness (QED) is 0.801. The van der Waals surface area contributed by atoms with E-state index in [9.17, 15) is 4.79 Å². The molecule has 0 aromatic carbocycles. The molecule has 4 rings (SSSR count). The Bertz CT molecular complexity index is 701. The van der Waals surface area contributed by atoms with Crippen molar-refractivity contribution < 1.29 is 4.79 Å². The van der Waals surface area contributed by atoms with Gasteiger partial charge in [-0.05, 0) is 36.4 Å². The Hall–Kier alpha value is -0.926. The van der Waals surface area contributed by atoms with Crippen molar-refractivity contribution in [1.29, 1.82) is 0 Å². The number of aromatic amines is 1. The molecule has 2 aromatic heterocycles. The van der Waals surface area contributed by atoms with Gasteiger partial charge in [-0.2, -0.15) is 0 Å². The van der Waals surface area contributed by atoms with Gasteiger partial charge in [-0.15, -0.1) is 11.3 Å². The summed E-state index contributed by atoms with van der Waals surface area (Å²) in [6.07, 6.45) is 6.31. The Kier molecular flexibility index (Phi) is 3.97. The first-order valence-electron chi connectivity index (χ1n) is 8.93. The maximum absolute atomic E-state index is 12.5. The fourth-order valence-electron chi connectivity index (χ4n) is 3.94. The minimum Gasteiger partial charge on any atom is -0.348 e. The van der Waals surface area contributed by atoms with Gasteiger partial charge in [0, 0.05) is 31.0 Å². The minimum atomic E-state index is 0.0318. The molecule has 1 unspecified atom stereocenters. The molecule has 4 nitrogen and oxygen atoms in total. The van der Waals surface area contributed by atoms with Crippen LogP contribution in [-0.4, -0.2) is 41.0 Å². The number of aromatic nitrogens is 2. The van der Waals surface area contributed by atoms with Crippen molar-refractivity contribution in [2.24, 2.45) is 0 Å². The molecule has 124 valence electrons. The van der Waals surface area contributed by atoms with E-state index >= 15 is 0 Å². The molecule has 0 radical (unpaired) electrons. The first-order valence-corrected chi connectivity index (χ1v) is 14.0. The van der Waals surface area contributed by atoms with Gasteiger partial charge >= 0.3 is 0 Å². The van der Waals surface area contributed by atoms with E-state index in [1.165, 1.54) is 37.1 Å². The summed E-state index contributed by atoms with van der Waals surface area (Å²) in [6.45, 7) is 4.89. The molecular weight excluding hydrogens is 338 g/mol. The maximum Gasteiger partial charge on any atom is 0.268 e. The molecular formula is C16H25N3OSSi2. The number of hydrogen-bond donors (Lipinski definition) is 2. The van der Waals surface area contributed by atoms with Crippen molar-refractivity contribution in [3.8, 4) is 0 Å². The van der Waals surface area contributed by atoms with Crippen LogP contribution in [0, 0.1) is 0 Å². The molecule has 0 saturated heterocycles. The van der Waals surface area contributed by atoms with Crippen molar-refractivity contribution >= 4 is 46.6 Å². The van der Waals surface area contributed by atoms with Crippen LogP contribution in [0.1, 0.15) is 53.5 Å². The molecule has 0 bridgehead atoms. The van der Waals surface area contributed by atoms with E-state index in [0.29, 0.717) is 17.7 Å². The van der Waals surface area contributed by atoms with Crippen LogP contribution in [0.2, 0.25) is 17.8 Å². The minimum absolute atomic E-state index is 0.0318. The predicted molar refractivity (Wildman–Crippen MR) is 103 cm³/mol.